The van der Waals surface area contributed by atoms with Crippen molar-refractivity contribution in [3.8, 4) is 0 Å². The highest BCUT2D eigenvalue weighted by molar-refractivity contribution is 7.12. The molecule has 1 aromatic rings. The van der Waals surface area contributed by atoms with E-state index in [2.05, 4.69) is 23.7 Å². The van der Waals surface area contributed by atoms with Crippen molar-refractivity contribution < 1.29 is 9.59 Å². The second kappa shape index (κ2) is 10.3. The summed E-state index contributed by atoms with van der Waals surface area (Å²) in [6.45, 7) is 13.3. The lowest BCUT2D eigenvalue weighted by Crippen LogP contribution is -2.39. The van der Waals surface area contributed by atoms with E-state index in [1.54, 1.807) is 0 Å². The predicted molar refractivity (Wildman–Crippen MR) is 144 cm³/mol. The van der Waals surface area contributed by atoms with Gasteiger partial charge in [-0.25, -0.2) is 4.99 Å². The molecule has 2 atom stereocenters. The number of rotatable bonds is 6. The van der Waals surface area contributed by atoms with E-state index in [9.17, 15) is 9.59 Å². The molecule has 2 amide bonds. The molecule has 0 aromatic carbocycles. The van der Waals surface area contributed by atoms with Gasteiger partial charge in [0.1, 0.15) is 0 Å². The maximum absolute atomic E-state index is 13.8. The van der Waals surface area contributed by atoms with Gasteiger partial charge < -0.3 is 9.80 Å². The number of aryl methyl sites for hydroxylation is 1. The van der Waals surface area contributed by atoms with Gasteiger partial charge in [-0.1, -0.05) is 18.9 Å². The Hall–Kier alpha value is -1.79. The van der Waals surface area contributed by atoms with Crippen molar-refractivity contribution in [3.05, 3.63) is 32.5 Å². The maximum atomic E-state index is 13.8. The van der Waals surface area contributed by atoms with E-state index < -0.39 is 0 Å². The Kier molecular flexibility index (Phi) is 7.32. The van der Waals surface area contributed by atoms with E-state index in [0.29, 0.717) is 24.9 Å². The fourth-order valence-electron chi connectivity index (χ4n) is 6.59. The quantitative estimate of drug-likeness (QED) is 0.514. The average Bonchev–Trinajstić information content (AvgIpc) is 3.03. The second-order valence-corrected chi connectivity index (χ2v) is 12.6. The number of carbonyl (C=O) groups excluding carboxylic acids is 2. The molecule has 190 valence electrons. The van der Waals surface area contributed by atoms with Crippen LogP contribution < -0.4 is 0 Å². The van der Waals surface area contributed by atoms with Crippen LogP contribution in [0.4, 0.5) is 0 Å². The molecule has 5 rings (SSSR count). The first-order valence-electron chi connectivity index (χ1n) is 13.7. The van der Waals surface area contributed by atoms with Gasteiger partial charge in [0.05, 0.1) is 11.5 Å². The zero-order valence-electron chi connectivity index (χ0n) is 21.9. The Morgan fingerprint density at radius 3 is 2.43 bits per heavy atom. The van der Waals surface area contributed by atoms with Crippen molar-refractivity contribution in [2.75, 3.05) is 32.7 Å². The summed E-state index contributed by atoms with van der Waals surface area (Å²) in [4.78, 5) is 37.8. The zero-order valence-corrected chi connectivity index (χ0v) is 22.8. The van der Waals surface area contributed by atoms with Crippen LogP contribution in [0, 0.1) is 24.7 Å². The molecule has 0 N–H and O–H groups in total. The summed E-state index contributed by atoms with van der Waals surface area (Å²) >= 11 is 1.89. The summed E-state index contributed by atoms with van der Waals surface area (Å²) in [7, 11) is 0. The Bertz CT molecular complexity index is 1040. The number of likely N-dealkylation sites (tertiary alicyclic amines) is 1. The lowest BCUT2D eigenvalue weighted by Gasteiger charge is -2.38. The van der Waals surface area contributed by atoms with Crippen LogP contribution >= 0.6 is 11.3 Å². The number of hydrogen-bond acceptors (Lipinski definition) is 4. The van der Waals surface area contributed by atoms with Gasteiger partial charge in [-0.2, -0.15) is 0 Å². The molecule has 0 spiro atoms. The third-order valence-corrected chi connectivity index (χ3v) is 10.6. The topological polar surface area (TPSA) is 53.0 Å². The van der Waals surface area contributed by atoms with Crippen LogP contribution in [0.5, 0.6) is 0 Å². The molecule has 6 heteroatoms. The Morgan fingerprint density at radius 1 is 1.03 bits per heavy atom. The predicted octanol–water partition coefficient (Wildman–Crippen LogP) is 5.62. The Balaban J connectivity index is 1.28. The highest BCUT2D eigenvalue weighted by Crippen LogP contribution is 2.42. The minimum absolute atomic E-state index is 0.111. The zero-order chi connectivity index (χ0) is 24.7. The van der Waals surface area contributed by atoms with Crippen LogP contribution in [0.2, 0.25) is 0 Å². The van der Waals surface area contributed by atoms with E-state index in [-0.39, 0.29) is 17.7 Å². The standard InChI is InChI=1S/C29H41N3O2S/c1-18-15-19(2)30-28(33)24(18)17-32-12-6-9-25-26(29(32)34)21(4)27(35-25)20(3)23-10-13-31(14-11-23)16-22-7-5-8-22/h15,20,22-24H,5-14,16-17H2,1-4H3/t20-,24?/m1/s1. The van der Waals surface area contributed by atoms with Crippen LogP contribution in [0.3, 0.4) is 0 Å². The molecule has 3 aliphatic heterocycles. The Labute approximate surface area is 214 Å². The molecule has 0 bridgehead atoms. The number of thiophene rings is 1. The van der Waals surface area contributed by atoms with Crippen molar-refractivity contribution in [1.29, 1.82) is 0 Å². The van der Waals surface area contributed by atoms with Crippen molar-refractivity contribution >= 4 is 28.9 Å². The van der Waals surface area contributed by atoms with E-state index in [1.165, 1.54) is 67.1 Å². The minimum Gasteiger partial charge on any atom is -0.337 e. The van der Waals surface area contributed by atoms with Gasteiger partial charge in [-0.3, -0.25) is 9.59 Å². The number of dihydropyridines is 1. The molecular formula is C29H41N3O2S. The van der Waals surface area contributed by atoms with Gasteiger partial charge >= 0.3 is 0 Å². The number of fused-ring (bicyclic) bond motifs is 1. The average molecular weight is 496 g/mol. The number of aliphatic imine (C=N–C) groups is 1. The summed E-state index contributed by atoms with van der Waals surface area (Å²) in [5.41, 5.74) is 3.90. The fourth-order valence-corrected chi connectivity index (χ4v) is 8.08. The largest absolute Gasteiger partial charge is 0.337 e. The van der Waals surface area contributed by atoms with Crippen molar-refractivity contribution in [2.45, 2.75) is 78.6 Å². The van der Waals surface area contributed by atoms with Crippen LogP contribution in [-0.2, 0) is 11.2 Å². The first-order chi connectivity index (χ1) is 16.8. The Morgan fingerprint density at radius 2 is 1.77 bits per heavy atom. The van der Waals surface area contributed by atoms with Crippen LogP contribution in [0.25, 0.3) is 0 Å². The molecule has 1 aliphatic carbocycles. The summed E-state index contributed by atoms with van der Waals surface area (Å²) in [6.07, 6.45) is 10.7. The number of nitrogens with zero attached hydrogens (tertiary/aromatic N) is 3. The molecule has 4 aliphatic rings. The van der Waals surface area contributed by atoms with Crippen LogP contribution in [0.1, 0.15) is 90.9 Å². The monoisotopic (exact) mass is 495 g/mol. The fraction of sp³-hybridized carbons (Fsp3) is 0.690. The highest BCUT2D eigenvalue weighted by Gasteiger charge is 2.35. The van der Waals surface area contributed by atoms with Crippen LogP contribution in [-0.4, -0.2) is 60.0 Å². The number of piperidine rings is 1. The molecule has 5 nitrogen and oxygen atoms in total. The van der Waals surface area contributed by atoms with Gasteiger partial charge in [0.15, 0.2) is 0 Å². The first-order valence-corrected chi connectivity index (χ1v) is 14.5. The van der Waals surface area contributed by atoms with E-state index >= 15 is 0 Å². The number of allylic oxidation sites excluding steroid dienone is 1. The van der Waals surface area contributed by atoms with E-state index in [0.717, 1.165) is 35.6 Å². The van der Waals surface area contributed by atoms with Crippen LogP contribution in [0.15, 0.2) is 16.6 Å². The first kappa shape index (κ1) is 24.9. The smallest absolute Gasteiger partial charge is 0.255 e. The summed E-state index contributed by atoms with van der Waals surface area (Å²) in [5, 5.41) is 0. The normalized spacial score (nSPS) is 25.6. The van der Waals surface area contributed by atoms with E-state index in [1.807, 2.05) is 36.2 Å². The van der Waals surface area contributed by atoms with Gasteiger partial charge in [-0.05, 0) is 102 Å². The number of carbonyl (C=O) groups is 2. The molecule has 1 saturated heterocycles. The van der Waals surface area contributed by atoms with Crippen molar-refractivity contribution in [2.24, 2.45) is 22.7 Å². The van der Waals surface area contributed by atoms with Crippen molar-refractivity contribution in [1.82, 2.24) is 9.80 Å². The molecule has 35 heavy (non-hydrogen) atoms. The molecule has 2 fully saturated rings. The minimum atomic E-state index is -0.313. The third kappa shape index (κ3) is 5.06. The lowest BCUT2D eigenvalue weighted by atomic mass is 9.81. The maximum Gasteiger partial charge on any atom is 0.255 e. The van der Waals surface area contributed by atoms with Gasteiger partial charge in [0.2, 0.25) is 0 Å². The molecule has 1 aromatic heterocycles. The molecule has 1 saturated carbocycles. The van der Waals surface area contributed by atoms with E-state index in [4.69, 9.17) is 0 Å². The third-order valence-electron chi connectivity index (χ3n) is 9.06. The SMILES string of the molecule is CC1=CC(C)=NC(=O)C1CN1CCCc2sc([C@H](C)C3CCN(CC4CCC4)CC3)c(C)c2C1=O. The number of amides is 2. The molecule has 4 heterocycles. The van der Waals surface area contributed by atoms with Crippen molar-refractivity contribution in [3.63, 3.8) is 0 Å². The molecule has 1 unspecified atom stereocenters. The van der Waals surface area contributed by atoms with Gasteiger partial charge in [0, 0.05) is 35.1 Å². The second-order valence-electron chi connectivity index (χ2n) is 11.5. The molecule has 0 radical (unpaired) electrons. The summed E-state index contributed by atoms with van der Waals surface area (Å²) in [6, 6.07) is 0. The summed E-state index contributed by atoms with van der Waals surface area (Å²) < 4.78 is 0. The lowest BCUT2D eigenvalue weighted by molar-refractivity contribution is -0.120. The molecular weight excluding hydrogens is 454 g/mol. The van der Waals surface area contributed by atoms with Gasteiger partial charge in [-0.15, -0.1) is 11.3 Å². The number of hydrogen-bond donors (Lipinski definition) is 0. The summed E-state index contributed by atoms with van der Waals surface area (Å²) in [5.74, 6) is 1.85. The highest BCUT2D eigenvalue weighted by atomic mass is 32.1. The van der Waals surface area contributed by atoms with Gasteiger partial charge in [0.25, 0.3) is 11.8 Å².